The molecule has 16 heavy (non-hydrogen) atoms. The Morgan fingerprint density at radius 2 is 1.44 bits per heavy atom. The number of hydrogen-bond acceptors (Lipinski definition) is 4. The average Bonchev–Trinajstić information content (AvgIpc) is 2.44. The van der Waals surface area contributed by atoms with E-state index in [1.807, 2.05) is 0 Å². The first kappa shape index (κ1) is 12.3. The molecule has 0 aromatic heterocycles. The van der Waals surface area contributed by atoms with Crippen molar-refractivity contribution in [1.82, 2.24) is 4.90 Å². The number of nitrogens with zero attached hydrogens (tertiary/aromatic N) is 1. The SMILES string of the molecule is OC1CN(CC2CCCCCC2O)CC1O. The summed E-state index contributed by atoms with van der Waals surface area (Å²) in [5.74, 6) is 0.319. The lowest BCUT2D eigenvalue weighted by molar-refractivity contribution is 0.0572. The Kier molecular flexibility index (Phi) is 4.19. The van der Waals surface area contributed by atoms with Gasteiger partial charge in [-0.15, -0.1) is 0 Å². The molecule has 1 saturated heterocycles. The lowest BCUT2D eigenvalue weighted by Gasteiger charge is -2.25. The minimum atomic E-state index is -0.608. The first-order chi connectivity index (χ1) is 7.66. The van der Waals surface area contributed by atoms with Gasteiger partial charge >= 0.3 is 0 Å². The molecule has 2 fully saturated rings. The molecule has 0 aromatic rings. The highest BCUT2D eigenvalue weighted by atomic mass is 16.3. The predicted octanol–water partition coefficient (Wildman–Crippen LogP) is -0.0350. The number of aliphatic hydroxyl groups is 3. The summed E-state index contributed by atoms with van der Waals surface area (Å²) >= 11 is 0. The van der Waals surface area contributed by atoms with Crippen LogP contribution in [0, 0.1) is 5.92 Å². The summed E-state index contributed by atoms with van der Waals surface area (Å²) in [6, 6.07) is 0. The van der Waals surface area contributed by atoms with Crippen LogP contribution in [-0.4, -0.2) is 58.2 Å². The van der Waals surface area contributed by atoms with E-state index in [0.717, 1.165) is 25.8 Å². The quantitative estimate of drug-likeness (QED) is 0.582. The minimum Gasteiger partial charge on any atom is -0.393 e. The van der Waals surface area contributed by atoms with Gasteiger partial charge in [0.25, 0.3) is 0 Å². The van der Waals surface area contributed by atoms with Gasteiger partial charge in [-0.05, 0) is 18.8 Å². The molecule has 1 heterocycles. The molecule has 0 radical (unpaired) electrons. The van der Waals surface area contributed by atoms with E-state index in [9.17, 15) is 15.3 Å². The van der Waals surface area contributed by atoms with Crippen LogP contribution < -0.4 is 0 Å². The molecule has 0 aromatic carbocycles. The van der Waals surface area contributed by atoms with Crippen LogP contribution in [0.2, 0.25) is 0 Å². The zero-order chi connectivity index (χ0) is 11.5. The summed E-state index contributed by atoms with van der Waals surface area (Å²) in [5.41, 5.74) is 0. The van der Waals surface area contributed by atoms with Crippen molar-refractivity contribution in [3.8, 4) is 0 Å². The Bertz CT molecular complexity index is 214. The topological polar surface area (TPSA) is 63.9 Å². The van der Waals surface area contributed by atoms with E-state index in [0.29, 0.717) is 19.0 Å². The number of hydrogen-bond donors (Lipinski definition) is 3. The highest BCUT2D eigenvalue weighted by Crippen LogP contribution is 2.25. The number of β-amino-alcohol motifs (C(OH)–C–C–N with tert-alkyl or cyclic N) is 2. The molecular weight excluding hydrogens is 206 g/mol. The van der Waals surface area contributed by atoms with E-state index in [4.69, 9.17) is 0 Å². The van der Waals surface area contributed by atoms with E-state index < -0.39 is 12.2 Å². The molecule has 4 nitrogen and oxygen atoms in total. The van der Waals surface area contributed by atoms with Crippen molar-refractivity contribution in [3.05, 3.63) is 0 Å². The van der Waals surface area contributed by atoms with E-state index in [2.05, 4.69) is 4.90 Å². The molecule has 1 aliphatic carbocycles. The van der Waals surface area contributed by atoms with Gasteiger partial charge in [0.1, 0.15) is 0 Å². The van der Waals surface area contributed by atoms with Crippen LogP contribution >= 0.6 is 0 Å². The zero-order valence-electron chi connectivity index (χ0n) is 9.76. The second-order valence-corrected chi connectivity index (χ2v) is 5.32. The Labute approximate surface area is 96.9 Å². The van der Waals surface area contributed by atoms with Gasteiger partial charge in [-0.25, -0.2) is 0 Å². The third-order valence-electron chi connectivity index (χ3n) is 3.95. The normalized spacial score (nSPS) is 42.2. The highest BCUT2D eigenvalue weighted by molar-refractivity contribution is 4.86. The molecule has 2 aliphatic rings. The molecule has 4 atom stereocenters. The smallest absolute Gasteiger partial charge is 0.0938 e. The Morgan fingerprint density at radius 1 is 0.812 bits per heavy atom. The number of aliphatic hydroxyl groups excluding tert-OH is 3. The van der Waals surface area contributed by atoms with Crippen molar-refractivity contribution in [1.29, 1.82) is 0 Å². The van der Waals surface area contributed by atoms with Crippen LogP contribution in [0.4, 0.5) is 0 Å². The van der Waals surface area contributed by atoms with Crippen molar-refractivity contribution in [3.63, 3.8) is 0 Å². The Balaban J connectivity index is 1.83. The minimum absolute atomic E-state index is 0.197. The molecule has 0 spiro atoms. The Hall–Kier alpha value is -0.160. The zero-order valence-corrected chi connectivity index (χ0v) is 9.76. The van der Waals surface area contributed by atoms with Crippen LogP contribution in [0.3, 0.4) is 0 Å². The fourth-order valence-electron chi connectivity index (χ4n) is 2.91. The van der Waals surface area contributed by atoms with E-state index in [-0.39, 0.29) is 6.10 Å². The van der Waals surface area contributed by atoms with Gasteiger partial charge < -0.3 is 15.3 Å². The maximum Gasteiger partial charge on any atom is 0.0938 e. The summed E-state index contributed by atoms with van der Waals surface area (Å²) in [4.78, 5) is 2.08. The van der Waals surface area contributed by atoms with Crippen molar-refractivity contribution in [2.75, 3.05) is 19.6 Å². The molecule has 1 aliphatic heterocycles. The molecule has 94 valence electrons. The van der Waals surface area contributed by atoms with Crippen molar-refractivity contribution in [2.45, 2.75) is 50.4 Å². The van der Waals surface area contributed by atoms with E-state index >= 15 is 0 Å². The van der Waals surface area contributed by atoms with Crippen molar-refractivity contribution < 1.29 is 15.3 Å². The van der Waals surface area contributed by atoms with Gasteiger partial charge in [0.05, 0.1) is 18.3 Å². The van der Waals surface area contributed by atoms with Gasteiger partial charge in [-0.3, -0.25) is 4.90 Å². The summed E-state index contributed by atoms with van der Waals surface area (Å²) in [7, 11) is 0. The Morgan fingerprint density at radius 3 is 2.12 bits per heavy atom. The molecule has 3 N–H and O–H groups in total. The summed E-state index contributed by atoms with van der Waals surface area (Å²) in [6.07, 6.45) is 4.11. The predicted molar refractivity (Wildman–Crippen MR) is 61.0 cm³/mol. The molecule has 2 rings (SSSR count). The van der Waals surface area contributed by atoms with Gasteiger partial charge in [-0.1, -0.05) is 19.3 Å². The second-order valence-electron chi connectivity index (χ2n) is 5.32. The molecule has 1 saturated carbocycles. The van der Waals surface area contributed by atoms with Gasteiger partial charge in [0.15, 0.2) is 0 Å². The van der Waals surface area contributed by atoms with Crippen LogP contribution in [0.5, 0.6) is 0 Å². The summed E-state index contributed by atoms with van der Waals surface area (Å²) in [6.45, 7) is 1.91. The number of likely N-dealkylation sites (tertiary alicyclic amines) is 1. The molecule has 0 bridgehead atoms. The van der Waals surface area contributed by atoms with E-state index in [1.54, 1.807) is 0 Å². The fraction of sp³-hybridized carbons (Fsp3) is 1.00. The molecule has 4 heteroatoms. The first-order valence-corrected chi connectivity index (χ1v) is 6.43. The maximum absolute atomic E-state index is 9.99. The van der Waals surface area contributed by atoms with E-state index in [1.165, 1.54) is 12.8 Å². The highest BCUT2D eigenvalue weighted by Gasteiger charge is 2.32. The number of rotatable bonds is 2. The maximum atomic E-state index is 9.99. The third-order valence-corrected chi connectivity index (χ3v) is 3.95. The molecule has 4 unspecified atom stereocenters. The van der Waals surface area contributed by atoms with Crippen molar-refractivity contribution in [2.24, 2.45) is 5.92 Å². The first-order valence-electron chi connectivity index (χ1n) is 6.43. The fourth-order valence-corrected chi connectivity index (χ4v) is 2.91. The molecule has 0 amide bonds. The second kappa shape index (κ2) is 5.45. The summed E-state index contributed by atoms with van der Waals surface area (Å²) in [5, 5.41) is 28.9. The lowest BCUT2D eigenvalue weighted by Crippen LogP contribution is -2.34. The standard InChI is InChI=1S/C12H23NO3/c14-10-5-3-1-2-4-9(10)6-13-7-11(15)12(16)8-13/h9-12,14-16H,1-8H2. The van der Waals surface area contributed by atoms with Gasteiger partial charge in [0.2, 0.25) is 0 Å². The largest absolute Gasteiger partial charge is 0.393 e. The van der Waals surface area contributed by atoms with Crippen LogP contribution in [-0.2, 0) is 0 Å². The van der Waals surface area contributed by atoms with Gasteiger partial charge in [0, 0.05) is 19.6 Å². The van der Waals surface area contributed by atoms with Crippen LogP contribution in [0.1, 0.15) is 32.1 Å². The summed E-state index contributed by atoms with van der Waals surface area (Å²) < 4.78 is 0. The van der Waals surface area contributed by atoms with Crippen LogP contribution in [0.15, 0.2) is 0 Å². The molecular formula is C12H23NO3. The monoisotopic (exact) mass is 229 g/mol. The lowest BCUT2D eigenvalue weighted by atomic mass is 9.97. The van der Waals surface area contributed by atoms with Crippen LogP contribution in [0.25, 0.3) is 0 Å². The van der Waals surface area contributed by atoms with Crippen molar-refractivity contribution >= 4 is 0 Å². The van der Waals surface area contributed by atoms with Gasteiger partial charge in [-0.2, -0.15) is 0 Å². The third kappa shape index (κ3) is 2.94. The average molecular weight is 229 g/mol.